The quantitative estimate of drug-likeness (QED) is 0.274. The Labute approximate surface area is 212 Å². The minimum atomic E-state index is -0.185. The van der Waals surface area contributed by atoms with Gasteiger partial charge in [0.25, 0.3) is 5.56 Å². The van der Waals surface area contributed by atoms with Gasteiger partial charge in [0.2, 0.25) is 0 Å². The third-order valence-corrected chi connectivity index (χ3v) is 8.55. The first-order valence-electron chi connectivity index (χ1n) is 10.6. The van der Waals surface area contributed by atoms with Gasteiger partial charge in [-0.25, -0.2) is 9.97 Å². The number of hydrogen-bond acceptors (Lipinski definition) is 7. The predicted molar refractivity (Wildman–Crippen MR) is 138 cm³/mol. The molecule has 0 spiro atoms. The minimum Gasteiger partial charge on any atom is -0.505 e. The molecule has 0 aliphatic heterocycles. The minimum absolute atomic E-state index is 0.0352. The number of phenols is 1. The van der Waals surface area contributed by atoms with Gasteiger partial charge >= 0.3 is 0 Å². The van der Waals surface area contributed by atoms with E-state index >= 15 is 0 Å². The molecule has 1 aliphatic carbocycles. The van der Waals surface area contributed by atoms with Crippen LogP contribution in [-0.4, -0.2) is 26.8 Å². The first-order chi connectivity index (χ1) is 16.4. The molecule has 34 heavy (non-hydrogen) atoms. The van der Waals surface area contributed by atoms with Gasteiger partial charge in [0.1, 0.15) is 16.4 Å². The highest BCUT2D eigenvalue weighted by atomic mass is 35.5. The van der Waals surface area contributed by atoms with Gasteiger partial charge in [-0.05, 0) is 48.6 Å². The van der Waals surface area contributed by atoms with Crippen LogP contribution in [0.1, 0.15) is 29.2 Å². The number of fused-ring (bicyclic) bond motifs is 3. The fourth-order valence-corrected chi connectivity index (χ4v) is 6.54. The Balaban J connectivity index is 1.67. The second-order valence-corrected chi connectivity index (χ2v) is 11.3. The molecule has 1 N–H and O–H groups in total. The van der Waals surface area contributed by atoms with E-state index < -0.39 is 0 Å². The lowest BCUT2D eigenvalue weighted by atomic mass is 10.0. The van der Waals surface area contributed by atoms with E-state index in [9.17, 15) is 9.90 Å². The average Bonchev–Trinajstić information content (AvgIpc) is 3.50. The number of ether oxygens (including phenoxy) is 1. The van der Waals surface area contributed by atoms with Gasteiger partial charge in [-0.2, -0.15) is 0 Å². The monoisotopic (exact) mass is 529 g/mol. The van der Waals surface area contributed by atoms with Crippen LogP contribution in [-0.2, 0) is 6.54 Å². The summed E-state index contributed by atoms with van der Waals surface area (Å²) in [6.45, 7) is 0.286. The Bertz CT molecular complexity index is 1650. The molecule has 172 valence electrons. The van der Waals surface area contributed by atoms with Crippen molar-refractivity contribution in [1.82, 2.24) is 14.5 Å². The number of thiazole rings is 1. The summed E-state index contributed by atoms with van der Waals surface area (Å²) in [5, 5.41) is 11.9. The van der Waals surface area contributed by atoms with E-state index in [1.807, 2.05) is 18.2 Å². The van der Waals surface area contributed by atoms with Crippen LogP contribution in [0.5, 0.6) is 11.5 Å². The second kappa shape index (κ2) is 8.23. The molecule has 0 amide bonds. The zero-order chi connectivity index (χ0) is 23.6. The lowest BCUT2D eigenvalue weighted by Gasteiger charge is -2.16. The third-order valence-electron chi connectivity index (χ3n) is 6.04. The van der Waals surface area contributed by atoms with Crippen molar-refractivity contribution in [3.63, 3.8) is 0 Å². The number of rotatable bonds is 5. The summed E-state index contributed by atoms with van der Waals surface area (Å²) in [6, 6.07) is 9.25. The zero-order valence-electron chi connectivity index (χ0n) is 17.8. The molecule has 3 aromatic heterocycles. The van der Waals surface area contributed by atoms with E-state index in [0.717, 1.165) is 34.6 Å². The van der Waals surface area contributed by atoms with Crippen LogP contribution >= 0.6 is 45.9 Å². The van der Waals surface area contributed by atoms with E-state index in [-0.39, 0.29) is 22.9 Å². The van der Waals surface area contributed by atoms with Crippen LogP contribution in [0, 0.1) is 0 Å². The maximum Gasteiger partial charge on any atom is 0.263 e. The summed E-state index contributed by atoms with van der Waals surface area (Å²) in [6.07, 6.45) is 3.86. The molecule has 10 heteroatoms. The van der Waals surface area contributed by atoms with Crippen molar-refractivity contribution in [3.8, 4) is 22.9 Å². The number of benzene rings is 2. The Morgan fingerprint density at radius 1 is 1.21 bits per heavy atom. The van der Waals surface area contributed by atoms with Crippen molar-refractivity contribution in [2.24, 2.45) is 0 Å². The van der Waals surface area contributed by atoms with Crippen LogP contribution in [0.4, 0.5) is 0 Å². The number of nitrogens with zero attached hydrogens (tertiary/aromatic N) is 3. The molecule has 5 aromatic rings. The van der Waals surface area contributed by atoms with Crippen LogP contribution in [0.2, 0.25) is 9.49 Å². The van der Waals surface area contributed by atoms with Crippen molar-refractivity contribution < 1.29 is 9.84 Å². The van der Waals surface area contributed by atoms with Crippen molar-refractivity contribution in [2.75, 3.05) is 7.11 Å². The van der Waals surface area contributed by atoms with Gasteiger partial charge in [0.15, 0.2) is 10.2 Å². The van der Waals surface area contributed by atoms with Crippen LogP contribution in [0.25, 0.3) is 31.7 Å². The Hall–Kier alpha value is -2.65. The SMILES string of the molecule is COc1ccc(-c2nc3sc4c(O)c(Cl)ccc4c3c(=O)n2Cc2cnc(Cl)s2)c(C2CC2)c1. The fraction of sp³-hybridized carbons (Fsp3) is 0.208. The molecule has 0 bridgehead atoms. The lowest BCUT2D eigenvalue weighted by molar-refractivity contribution is 0.414. The van der Waals surface area contributed by atoms with Gasteiger partial charge in [0.05, 0.1) is 28.8 Å². The molecule has 6 rings (SSSR count). The predicted octanol–water partition coefficient (Wildman–Crippen LogP) is 6.68. The molecule has 0 unspecified atom stereocenters. The standard InChI is InChI=1S/C24H17Cl2N3O3S2/c1-32-12-4-5-14(16(8-12)11-2-3-11)21-28-22-18(15-6-7-17(25)19(30)20(15)34-22)23(31)29(21)10-13-9-27-24(26)33-13/h4-9,11,30H,2-3,10H2,1H3. The van der Waals surface area contributed by atoms with Crippen LogP contribution < -0.4 is 10.3 Å². The number of thiophene rings is 1. The van der Waals surface area contributed by atoms with Gasteiger partial charge < -0.3 is 9.84 Å². The summed E-state index contributed by atoms with van der Waals surface area (Å²) in [5.74, 6) is 1.72. The van der Waals surface area contributed by atoms with Crippen molar-refractivity contribution in [1.29, 1.82) is 0 Å². The van der Waals surface area contributed by atoms with E-state index in [2.05, 4.69) is 4.98 Å². The molecular formula is C24H17Cl2N3O3S2. The highest BCUT2D eigenvalue weighted by Gasteiger charge is 2.29. The van der Waals surface area contributed by atoms with E-state index in [0.29, 0.717) is 36.5 Å². The second-order valence-electron chi connectivity index (χ2n) is 8.19. The molecular weight excluding hydrogens is 513 g/mol. The Morgan fingerprint density at radius 2 is 2.03 bits per heavy atom. The average molecular weight is 530 g/mol. The number of phenolic OH excluding ortho intramolecular Hbond substituents is 1. The Morgan fingerprint density at radius 3 is 2.74 bits per heavy atom. The van der Waals surface area contributed by atoms with Gasteiger partial charge in [-0.1, -0.05) is 29.3 Å². The van der Waals surface area contributed by atoms with E-state index in [1.165, 1.54) is 22.7 Å². The molecule has 0 atom stereocenters. The Kier molecular flexibility index (Phi) is 5.29. The molecule has 1 saturated carbocycles. The normalized spacial score (nSPS) is 13.7. The van der Waals surface area contributed by atoms with E-state index in [4.69, 9.17) is 32.9 Å². The smallest absolute Gasteiger partial charge is 0.263 e. The number of aromatic nitrogens is 3. The van der Waals surface area contributed by atoms with Gasteiger partial charge in [0, 0.05) is 22.0 Å². The lowest BCUT2D eigenvalue weighted by Crippen LogP contribution is -2.23. The topological polar surface area (TPSA) is 77.2 Å². The maximum atomic E-state index is 14.0. The van der Waals surface area contributed by atoms with Crippen LogP contribution in [0.3, 0.4) is 0 Å². The summed E-state index contributed by atoms with van der Waals surface area (Å²) < 4.78 is 8.11. The molecule has 0 saturated heterocycles. The van der Waals surface area contributed by atoms with Crippen molar-refractivity contribution in [2.45, 2.75) is 25.3 Å². The molecule has 1 aliphatic rings. The molecule has 3 heterocycles. The van der Waals surface area contributed by atoms with Gasteiger partial charge in [-0.15, -0.1) is 22.7 Å². The number of halogens is 2. The number of aromatic hydroxyl groups is 1. The van der Waals surface area contributed by atoms with Crippen molar-refractivity contribution in [3.05, 3.63) is 66.8 Å². The fourth-order valence-electron chi connectivity index (χ4n) is 4.25. The number of hydrogen-bond donors (Lipinski definition) is 1. The molecule has 0 radical (unpaired) electrons. The summed E-state index contributed by atoms with van der Waals surface area (Å²) in [7, 11) is 1.65. The summed E-state index contributed by atoms with van der Waals surface area (Å²) in [4.78, 5) is 24.5. The maximum absolute atomic E-state index is 14.0. The summed E-state index contributed by atoms with van der Waals surface area (Å²) >= 11 is 14.8. The first kappa shape index (κ1) is 21.9. The van der Waals surface area contributed by atoms with Gasteiger partial charge in [-0.3, -0.25) is 9.36 Å². The largest absolute Gasteiger partial charge is 0.505 e. The van der Waals surface area contributed by atoms with Crippen molar-refractivity contribution >= 4 is 66.2 Å². The van der Waals surface area contributed by atoms with Crippen LogP contribution in [0.15, 0.2) is 41.3 Å². The molecule has 1 fully saturated rings. The molecule has 6 nitrogen and oxygen atoms in total. The molecule has 2 aromatic carbocycles. The highest BCUT2D eigenvalue weighted by molar-refractivity contribution is 7.25. The zero-order valence-corrected chi connectivity index (χ0v) is 21.0. The first-order valence-corrected chi connectivity index (χ1v) is 13.0. The number of methoxy groups -OCH3 is 1. The highest BCUT2D eigenvalue weighted by Crippen LogP contribution is 2.46. The third kappa shape index (κ3) is 3.56. The van der Waals surface area contributed by atoms with E-state index in [1.54, 1.807) is 30.0 Å². The summed E-state index contributed by atoms with van der Waals surface area (Å²) in [5.41, 5.74) is 1.83.